The first kappa shape index (κ1) is 21.6. The highest BCUT2D eigenvalue weighted by molar-refractivity contribution is 6.11. The van der Waals surface area contributed by atoms with Gasteiger partial charge < -0.3 is 13.7 Å². The van der Waals surface area contributed by atoms with Crippen LogP contribution in [0.25, 0.3) is 34.1 Å². The number of allylic oxidation sites excluding steroid dienone is 1. The van der Waals surface area contributed by atoms with Crippen molar-refractivity contribution in [2.75, 3.05) is 32.8 Å². The van der Waals surface area contributed by atoms with Crippen LogP contribution in [-0.4, -0.2) is 57.5 Å². The molecular weight excluding hydrogens is 440 g/mol. The van der Waals surface area contributed by atoms with Crippen LogP contribution in [0.4, 0.5) is 0 Å². The van der Waals surface area contributed by atoms with Crippen LogP contribution in [0.5, 0.6) is 0 Å². The summed E-state index contributed by atoms with van der Waals surface area (Å²) in [4.78, 5) is 21.1. The van der Waals surface area contributed by atoms with Gasteiger partial charge >= 0.3 is 0 Å². The van der Waals surface area contributed by atoms with Crippen molar-refractivity contribution < 1.29 is 13.9 Å². The lowest BCUT2D eigenvalue weighted by molar-refractivity contribution is 0.0366. The molecular formula is C28H26N4O3. The number of carbonyl (C=O) groups is 1. The van der Waals surface area contributed by atoms with E-state index in [1.807, 2.05) is 52.9 Å². The van der Waals surface area contributed by atoms with Crippen LogP contribution in [-0.2, 0) is 11.3 Å². The molecule has 5 aromatic rings. The summed E-state index contributed by atoms with van der Waals surface area (Å²) in [7, 11) is 0. The average molecular weight is 467 g/mol. The summed E-state index contributed by atoms with van der Waals surface area (Å²) in [6.07, 6.45) is 4.86. The van der Waals surface area contributed by atoms with Gasteiger partial charge in [-0.15, -0.1) is 0 Å². The van der Waals surface area contributed by atoms with Crippen LogP contribution in [0.3, 0.4) is 0 Å². The fourth-order valence-corrected chi connectivity index (χ4v) is 4.74. The number of imidazole rings is 2. The third kappa shape index (κ3) is 4.09. The topological polar surface area (TPSA) is 64.9 Å². The molecule has 0 atom stereocenters. The number of hydrogen-bond acceptors (Lipinski definition) is 5. The van der Waals surface area contributed by atoms with Crippen molar-refractivity contribution >= 4 is 28.7 Å². The Labute approximate surface area is 202 Å². The van der Waals surface area contributed by atoms with Gasteiger partial charge in [0.25, 0.3) is 0 Å². The molecule has 176 valence electrons. The second-order valence-electron chi connectivity index (χ2n) is 8.62. The molecule has 0 aliphatic carbocycles. The number of rotatable bonds is 7. The van der Waals surface area contributed by atoms with Gasteiger partial charge in [-0.25, -0.2) is 4.98 Å². The first-order valence-corrected chi connectivity index (χ1v) is 11.9. The minimum Gasteiger partial charge on any atom is -0.465 e. The summed E-state index contributed by atoms with van der Waals surface area (Å²) in [6, 6.07) is 21.7. The Kier molecular flexibility index (Phi) is 5.78. The lowest BCUT2D eigenvalue weighted by atomic mass is 10.1. The standard InChI is InChI=1S/C28H26N4O3/c33-25(13-12-22-9-6-18-35-22)27-26(21-7-2-1-3-8-21)29-28-31(15-14-30-16-19-34-20-17-30)23-10-4-5-11-24(23)32(27)28/h1-13,18H,14-17,19-20H2. The fraction of sp³-hybridized carbons (Fsp3) is 0.214. The maximum atomic E-state index is 13.6. The largest absolute Gasteiger partial charge is 0.465 e. The molecule has 1 saturated heterocycles. The quantitative estimate of drug-likeness (QED) is 0.255. The van der Waals surface area contributed by atoms with E-state index in [0.29, 0.717) is 17.1 Å². The molecule has 1 aliphatic heterocycles. The normalized spacial score (nSPS) is 15.0. The molecule has 6 rings (SSSR count). The Morgan fingerprint density at radius 1 is 0.914 bits per heavy atom. The first-order chi connectivity index (χ1) is 17.3. The van der Waals surface area contributed by atoms with E-state index in [-0.39, 0.29) is 5.78 Å². The summed E-state index contributed by atoms with van der Waals surface area (Å²) >= 11 is 0. The number of morpholine rings is 1. The van der Waals surface area contributed by atoms with E-state index in [0.717, 1.165) is 61.8 Å². The van der Waals surface area contributed by atoms with Gasteiger partial charge in [0, 0.05) is 31.7 Å². The average Bonchev–Trinajstić information content (AvgIpc) is 3.63. The maximum Gasteiger partial charge on any atom is 0.216 e. The molecule has 3 aromatic heterocycles. The molecule has 1 fully saturated rings. The second-order valence-corrected chi connectivity index (χ2v) is 8.62. The number of carbonyl (C=O) groups excluding carboxylic acids is 1. The van der Waals surface area contributed by atoms with Gasteiger partial charge in [-0.2, -0.15) is 0 Å². The summed E-state index contributed by atoms with van der Waals surface area (Å²) in [5.41, 5.74) is 4.17. The summed E-state index contributed by atoms with van der Waals surface area (Å²) in [6.45, 7) is 5.07. The van der Waals surface area contributed by atoms with Crippen molar-refractivity contribution in [3.05, 3.63) is 90.5 Å². The third-order valence-corrected chi connectivity index (χ3v) is 6.48. The number of aromatic nitrogens is 3. The van der Waals surface area contributed by atoms with Crippen molar-refractivity contribution in [2.45, 2.75) is 6.54 Å². The zero-order chi connectivity index (χ0) is 23.6. The third-order valence-electron chi connectivity index (χ3n) is 6.48. The van der Waals surface area contributed by atoms with E-state index in [9.17, 15) is 4.79 Å². The van der Waals surface area contributed by atoms with Crippen molar-refractivity contribution in [2.24, 2.45) is 0 Å². The predicted molar refractivity (Wildman–Crippen MR) is 135 cm³/mol. The van der Waals surface area contributed by atoms with E-state index < -0.39 is 0 Å². The number of para-hydroxylation sites is 2. The highest BCUT2D eigenvalue weighted by Crippen LogP contribution is 2.30. The van der Waals surface area contributed by atoms with Gasteiger partial charge in [0.15, 0.2) is 0 Å². The molecule has 0 bridgehead atoms. The van der Waals surface area contributed by atoms with Crippen molar-refractivity contribution in [3.8, 4) is 11.3 Å². The molecule has 2 aromatic carbocycles. The Morgan fingerprint density at radius 3 is 2.46 bits per heavy atom. The highest BCUT2D eigenvalue weighted by atomic mass is 16.5. The zero-order valence-electron chi connectivity index (χ0n) is 19.3. The Morgan fingerprint density at radius 2 is 1.69 bits per heavy atom. The number of benzene rings is 2. The molecule has 0 unspecified atom stereocenters. The Balaban J connectivity index is 1.50. The molecule has 4 heterocycles. The van der Waals surface area contributed by atoms with Crippen LogP contribution >= 0.6 is 0 Å². The van der Waals surface area contributed by atoms with Gasteiger partial charge in [-0.3, -0.25) is 14.1 Å². The van der Waals surface area contributed by atoms with E-state index in [1.54, 1.807) is 24.5 Å². The number of fused-ring (bicyclic) bond motifs is 3. The first-order valence-electron chi connectivity index (χ1n) is 11.9. The molecule has 0 N–H and O–H groups in total. The molecule has 0 spiro atoms. The zero-order valence-corrected chi connectivity index (χ0v) is 19.3. The van der Waals surface area contributed by atoms with E-state index >= 15 is 0 Å². The van der Waals surface area contributed by atoms with Crippen LogP contribution in [0.2, 0.25) is 0 Å². The van der Waals surface area contributed by atoms with Crippen LogP contribution in [0, 0.1) is 0 Å². The highest BCUT2D eigenvalue weighted by Gasteiger charge is 2.25. The smallest absolute Gasteiger partial charge is 0.216 e. The molecule has 0 saturated carbocycles. The van der Waals surface area contributed by atoms with Crippen molar-refractivity contribution in [1.82, 2.24) is 18.9 Å². The Bertz CT molecular complexity index is 1490. The van der Waals surface area contributed by atoms with E-state index in [2.05, 4.69) is 21.6 Å². The lowest BCUT2D eigenvalue weighted by Gasteiger charge is -2.26. The number of ether oxygens (including phenoxy) is 1. The molecule has 7 nitrogen and oxygen atoms in total. The number of hydrogen-bond donors (Lipinski definition) is 0. The van der Waals surface area contributed by atoms with Crippen molar-refractivity contribution in [1.29, 1.82) is 0 Å². The van der Waals surface area contributed by atoms with E-state index in [4.69, 9.17) is 14.1 Å². The monoisotopic (exact) mass is 466 g/mol. The minimum absolute atomic E-state index is 0.121. The van der Waals surface area contributed by atoms with Crippen LogP contribution in [0.15, 0.2) is 83.5 Å². The maximum absolute atomic E-state index is 13.6. The van der Waals surface area contributed by atoms with Gasteiger partial charge in [-0.05, 0) is 36.4 Å². The van der Waals surface area contributed by atoms with E-state index in [1.165, 1.54) is 0 Å². The fourth-order valence-electron chi connectivity index (χ4n) is 4.74. The molecule has 1 aliphatic rings. The molecule has 7 heteroatoms. The lowest BCUT2D eigenvalue weighted by Crippen LogP contribution is -2.38. The number of nitrogens with zero attached hydrogens (tertiary/aromatic N) is 4. The van der Waals surface area contributed by atoms with Crippen molar-refractivity contribution in [3.63, 3.8) is 0 Å². The predicted octanol–water partition coefficient (Wildman–Crippen LogP) is 4.78. The van der Waals surface area contributed by atoms with Gasteiger partial charge in [0.05, 0.1) is 30.5 Å². The molecule has 0 radical (unpaired) electrons. The summed E-state index contributed by atoms with van der Waals surface area (Å²) < 4.78 is 15.1. The number of furan rings is 1. The second kappa shape index (κ2) is 9.37. The van der Waals surface area contributed by atoms with Crippen LogP contribution < -0.4 is 0 Å². The Hall–Kier alpha value is -3.94. The van der Waals surface area contributed by atoms with Gasteiger partial charge in [0.2, 0.25) is 11.6 Å². The minimum atomic E-state index is -0.121. The summed E-state index contributed by atoms with van der Waals surface area (Å²) in [5, 5.41) is 0. The van der Waals surface area contributed by atoms with Gasteiger partial charge in [-0.1, -0.05) is 42.5 Å². The SMILES string of the molecule is O=C(C=Cc1ccco1)c1c(-c2ccccc2)nc2n(CCN3CCOCC3)c3ccccc3n12. The number of ketones is 1. The summed E-state index contributed by atoms with van der Waals surface area (Å²) in [5.74, 6) is 1.28. The van der Waals surface area contributed by atoms with Gasteiger partial charge in [0.1, 0.15) is 17.1 Å². The molecule has 0 amide bonds. The molecule has 35 heavy (non-hydrogen) atoms. The van der Waals surface area contributed by atoms with Crippen LogP contribution in [0.1, 0.15) is 16.2 Å².